The molecule has 0 amide bonds. The summed E-state index contributed by atoms with van der Waals surface area (Å²) < 4.78 is 96.0. The van der Waals surface area contributed by atoms with Crippen molar-refractivity contribution >= 4 is 24.0 Å². The molecule has 0 radical (unpaired) electrons. The SMILES string of the molecule is COc1cc(/C=C/C(=O)O[C@H]2[C@@H](O)[C@@H](C)O[C@@H](OC(=O)[C@]34CCC(C)(C)C[C@H]3C3=CC[C@@H]5[C@@]6(C)C[C@H](O)[C@H](O[C@@H]7O[C@H](CO)[C@@H](O)[C@H](O)[C@H]7O)[C@@](C)(C(=O)O)[C@@H]6CC[C@@]5(C)[C@]3(CO)CC4)[C@@H]2O[C@@H]2O[C@@H](C)[C@H](O[C@@H]3OC[C@@H](O[C@@H]4O[C@H](CO)[C@H](O)[C@H](O)[C@H]4O)[C@H](O)[C@H]3O)[C@@H](O[C@@H]3OC[C@](O)(CO)[C@H]3O)[C@H]2O)cc(OC)c1OC. The molecule has 0 spiro atoms. The number of aliphatic hydroxyl groups excluding tert-OH is 16. The molecule has 6 saturated heterocycles. The van der Waals surface area contributed by atoms with E-state index in [0.717, 1.165) is 11.6 Å². The van der Waals surface area contributed by atoms with E-state index in [1.807, 2.05) is 13.0 Å². The van der Waals surface area contributed by atoms with Crippen molar-refractivity contribution < 1.29 is 182 Å². The average molecular weight is 1620 g/mol. The van der Waals surface area contributed by atoms with E-state index in [2.05, 4.69) is 20.8 Å². The zero-order chi connectivity index (χ0) is 82.5. The molecule has 0 aromatic heterocycles. The maximum atomic E-state index is 16.3. The van der Waals surface area contributed by atoms with Crippen LogP contribution in [0, 0.1) is 50.2 Å². The summed E-state index contributed by atoms with van der Waals surface area (Å²) in [6.45, 7) is 7.97. The molecule has 4 saturated carbocycles. The predicted octanol–water partition coefficient (Wildman–Crippen LogP) is -3.75. The number of esters is 2. The highest BCUT2D eigenvalue weighted by molar-refractivity contribution is 5.87. The van der Waals surface area contributed by atoms with Crippen molar-refractivity contribution in [3.8, 4) is 17.2 Å². The number of carbonyl (C=O) groups is 3. The second kappa shape index (κ2) is 33.5. The second-order valence-electron chi connectivity index (χ2n) is 34.1. The molecule has 0 unspecified atom stereocenters. The number of hydrogen-bond donors (Lipinski definition) is 18. The number of ether oxygens (including phenoxy) is 16. The van der Waals surface area contributed by atoms with Gasteiger partial charge in [-0.15, -0.1) is 0 Å². The van der Waals surface area contributed by atoms with E-state index < -0.39 is 285 Å². The quantitative estimate of drug-likeness (QED) is 0.0217. The number of carboxylic acid groups (broad SMARTS) is 1. The lowest BCUT2D eigenvalue weighted by molar-refractivity contribution is -0.388. The number of allylic oxidation sites excluding steroid dienone is 1. The Morgan fingerprint density at radius 3 is 1.73 bits per heavy atom. The molecule has 5 aliphatic carbocycles. The van der Waals surface area contributed by atoms with Gasteiger partial charge in [-0.3, -0.25) is 9.59 Å². The molecule has 37 heteroatoms. The number of hydrogen-bond acceptors (Lipinski definition) is 36. The van der Waals surface area contributed by atoms with Crippen LogP contribution in [0.1, 0.15) is 112 Å². The van der Waals surface area contributed by atoms with Crippen LogP contribution in [-0.2, 0) is 76.0 Å². The predicted molar refractivity (Wildman–Crippen MR) is 377 cm³/mol. The van der Waals surface area contributed by atoms with E-state index in [4.69, 9.17) is 75.8 Å². The molecule has 37 nitrogen and oxygen atoms in total. The summed E-state index contributed by atoms with van der Waals surface area (Å²) in [5.41, 5.74) is -7.92. The van der Waals surface area contributed by atoms with E-state index in [1.165, 1.54) is 60.3 Å². The Balaban J connectivity index is 0.862. The molecule has 37 atom stereocenters. The molecule has 0 bridgehead atoms. The summed E-state index contributed by atoms with van der Waals surface area (Å²) in [7, 11) is 4.18. The van der Waals surface area contributed by atoms with Gasteiger partial charge in [-0.1, -0.05) is 39.3 Å². The maximum Gasteiger partial charge on any atom is 0.331 e. The molecule has 6 aliphatic heterocycles. The van der Waals surface area contributed by atoms with Gasteiger partial charge in [-0.05, 0) is 136 Å². The Hall–Kier alpha value is -4.61. The van der Waals surface area contributed by atoms with Crippen LogP contribution in [0.15, 0.2) is 29.9 Å². The van der Waals surface area contributed by atoms with Crippen LogP contribution in [-0.4, -0.2) is 348 Å². The Bertz CT molecular complexity index is 3540. The molecular weight excluding hydrogens is 1500 g/mol. The van der Waals surface area contributed by atoms with Crippen LogP contribution in [0.5, 0.6) is 17.2 Å². The topological polar surface area (TPSA) is 563 Å². The minimum absolute atomic E-state index is 0.0304. The summed E-state index contributed by atoms with van der Waals surface area (Å²) in [6.07, 6.45) is -43.7. The number of carbonyl (C=O) groups excluding carboxylic acids is 2. The van der Waals surface area contributed by atoms with Crippen molar-refractivity contribution in [2.45, 2.75) is 284 Å². The second-order valence-corrected chi connectivity index (χ2v) is 34.1. The minimum Gasteiger partial charge on any atom is -0.493 e. The zero-order valence-corrected chi connectivity index (χ0v) is 64.7. The fourth-order valence-corrected chi connectivity index (χ4v) is 20.7. The van der Waals surface area contributed by atoms with Crippen LogP contribution in [0.25, 0.3) is 6.08 Å². The van der Waals surface area contributed by atoms with Crippen LogP contribution in [0.4, 0.5) is 0 Å². The van der Waals surface area contributed by atoms with Crippen LogP contribution in [0.2, 0.25) is 0 Å². The van der Waals surface area contributed by atoms with Crippen molar-refractivity contribution in [1.82, 2.24) is 0 Å². The van der Waals surface area contributed by atoms with E-state index >= 15 is 4.79 Å². The zero-order valence-electron chi connectivity index (χ0n) is 64.7. The van der Waals surface area contributed by atoms with Gasteiger partial charge in [0.05, 0.1) is 90.1 Å². The van der Waals surface area contributed by atoms with Gasteiger partial charge in [-0.25, -0.2) is 4.79 Å². The largest absolute Gasteiger partial charge is 0.493 e. The van der Waals surface area contributed by atoms with Gasteiger partial charge in [-0.2, -0.15) is 0 Å². The first kappa shape index (κ1) is 87.7. The van der Waals surface area contributed by atoms with Crippen LogP contribution < -0.4 is 14.2 Å². The summed E-state index contributed by atoms with van der Waals surface area (Å²) in [4.78, 5) is 44.8. The van der Waals surface area contributed by atoms with E-state index in [9.17, 15) is 102 Å². The first-order chi connectivity index (χ1) is 53.3. The Morgan fingerprint density at radius 1 is 0.558 bits per heavy atom. The molecule has 6 heterocycles. The van der Waals surface area contributed by atoms with Gasteiger partial charge in [0, 0.05) is 11.5 Å². The number of fused-ring (bicyclic) bond motifs is 7. The minimum atomic E-state index is -2.32. The highest BCUT2D eigenvalue weighted by Gasteiger charge is 2.74. The van der Waals surface area contributed by atoms with Crippen LogP contribution in [0.3, 0.4) is 0 Å². The summed E-state index contributed by atoms with van der Waals surface area (Å²) >= 11 is 0. The Labute approximate surface area is 651 Å². The molecule has 640 valence electrons. The first-order valence-corrected chi connectivity index (χ1v) is 38.6. The third-order valence-electron chi connectivity index (χ3n) is 27.3. The molecule has 10 fully saturated rings. The van der Waals surface area contributed by atoms with Crippen molar-refractivity contribution in [3.05, 3.63) is 35.4 Å². The number of rotatable bonds is 23. The van der Waals surface area contributed by atoms with Gasteiger partial charge < -0.3 is 168 Å². The standard InChI is InChI=1S/C76H114O37/c1-31-45(83)57(108-44(82)14-11-33-21-37(98-8)56(100-10)38(22-33)99-9)59(111-65-54(92)58(110-67-60(93)76(97,29-80)30-102-67)55(32(2)104-65)109-62-51(89)48(86)41(27-101-62)107-63-52(90)49(87)46(84)39(25-77)105-63)66(103-31)113-69(96)74-18-17-70(3,4)23-35(74)34-12-13-42-71(5)24-36(81)61(112-64-53(91)50(88)47(85)40(26-78)106-64)73(7,68(94)95)43(71)15-16-72(42,6)75(34,28-79)20-19-74/h11-12,14,21-22,31-32,35-36,39-43,45-55,57-67,77-81,83-93,97H,13,15-20,23-30H2,1-10H3,(H,94,95)/b14-11+/t31-,32+,35+,36+,39-,40-,41-,42-,43-,45+,46+,47-,48+,49+,50+,51-,52-,53-,54-,55+,57+,58+,59-,60+,61+,62+,63+,64+,65+,66+,67+,71-,72-,73+,74+,75+,76-/m1/s1. The molecule has 12 rings (SSSR count). The van der Waals surface area contributed by atoms with Crippen molar-refractivity contribution in [3.63, 3.8) is 0 Å². The first-order valence-electron chi connectivity index (χ1n) is 38.6. The fraction of sp³-hybridized carbons (Fsp3) is 0.829. The van der Waals surface area contributed by atoms with E-state index in [0.29, 0.717) is 24.8 Å². The van der Waals surface area contributed by atoms with Gasteiger partial charge >= 0.3 is 17.9 Å². The Kier molecular flexibility index (Phi) is 26.0. The number of methoxy groups -OCH3 is 3. The van der Waals surface area contributed by atoms with Crippen molar-refractivity contribution in [1.29, 1.82) is 0 Å². The lowest BCUT2D eigenvalue weighted by Crippen LogP contribution is -2.71. The monoisotopic (exact) mass is 1620 g/mol. The van der Waals surface area contributed by atoms with Gasteiger partial charge in [0.1, 0.15) is 109 Å². The molecule has 1 aromatic carbocycles. The highest BCUT2D eigenvalue weighted by Crippen LogP contribution is 2.76. The highest BCUT2D eigenvalue weighted by atomic mass is 16.8. The van der Waals surface area contributed by atoms with Gasteiger partial charge in [0.25, 0.3) is 0 Å². The molecule has 18 N–H and O–H groups in total. The van der Waals surface area contributed by atoms with Crippen molar-refractivity contribution in [2.24, 2.45) is 50.2 Å². The van der Waals surface area contributed by atoms with Crippen molar-refractivity contribution in [2.75, 3.05) is 61.0 Å². The molecule has 11 aliphatic rings. The average Bonchev–Trinajstić information content (AvgIpc) is 0.928. The molecule has 113 heavy (non-hydrogen) atoms. The number of benzene rings is 1. The molecular formula is C76H114O37. The van der Waals surface area contributed by atoms with Gasteiger partial charge in [0.2, 0.25) is 12.0 Å². The Morgan fingerprint density at radius 2 is 1.14 bits per heavy atom. The summed E-state index contributed by atoms with van der Waals surface area (Å²) in [5, 5.41) is 201. The molecule has 1 aromatic rings. The van der Waals surface area contributed by atoms with E-state index in [1.54, 1.807) is 0 Å². The number of carboxylic acids is 1. The third-order valence-corrected chi connectivity index (χ3v) is 27.3. The van der Waals surface area contributed by atoms with Crippen LogP contribution >= 0.6 is 0 Å². The maximum absolute atomic E-state index is 16.3. The normalized spacial score (nSPS) is 48.4. The third kappa shape index (κ3) is 15.3. The summed E-state index contributed by atoms with van der Waals surface area (Å²) in [6, 6.07) is 3.06. The summed E-state index contributed by atoms with van der Waals surface area (Å²) in [5.74, 6) is -4.42. The number of aliphatic carboxylic acids is 1. The number of aliphatic hydroxyl groups is 17. The van der Waals surface area contributed by atoms with E-state index in [-0.39, 0.29) is 55.8 Å². The fourth-order valence-electron chi connectivity index (χ4n) is 20.7. The lowest BCUT2D eigenvalue weighted by Gasteiger charge is -2.71. The van der Waals surface area contributed by atoms with Gasteiger partial charge in [0.15, 0.2) is 55.2 Å². The smallest absolute Gasteiger partial charge is 0.331 e. The lowest BCUT2D eigenvalue weighted by atomic mass is 9.33.